The maximum Gasteiger partial charge on any atom is 0.350 e. The molecule has 148 valence electrons. The van der Waals surface area contributed by atoms with Crippen molar-refractivity contribution in [1.29, 1.82) is 0 Å². The van der Waals surface area contributed by atoms with Crippen LogP contribution in [0.2, 0.25) is 0 Å². The summed E-state index contributed by atoms with van der Waals surface area (Å²) < 4.78 is 15.9. The normalized spacial score (nSPS) is 11.9. The Labute approximate surface area is 171 Å². The molecule has 0 saturated heterocycles. The van der Waals surface area contributed by atoms with Gasteiger partial charge in [0.25, 0.3) is 5.91 Å². The van der Waals surface area contributed by atoms with Gasteiger partial charge >= 0.3 is 5.97 Å². The van der Waals surface area contributed by atoms with Crippen LogP contribution in [0, 0.1) is 6.92 Å². The molecule has 3 heterocycles. The van der Waals surface area contributed by atoms with E-state index in [9.17, 15) is 9.59 Å². The number of fused-ring (bicyclic) bond motifs is 1. The lowest BCUT2D eigenvalue weighted by molar-refractivity contribution is 0.0533. The van der Waals surface area contributed by atoms with Gasteiger partial charge in [-0.3, -0.25) is 9.78 Å². The zero-order chi connectivity index (χ0) is 20.4. The smallest absolute Gasteiger partial charge is 0.350 e. The van der Waals surface area contributed by atoms with Crippen molar-refractivity contribution < 1.29 is 23.8 Å². The molecule has 0 saturated carbocycles. The summed E-state index contributed by atoms with van der Waals surface area (Å²) in [6.45, 7) is 4.01. The first-order valence-electron chi connectivity index (χ1n) is 9.00. The van der Waals surface area contributed by atoms with Crippen molar-refractivity contribution >= 4 is 28.9 Å². The summed E-state index contributed by atoms with van der Waals surface area (Å²) in [7, 11) is 0. The van der Waals surface area contributed by atoms with Crippen molar-refractivity contribution in [3.63, 3.8) is 0 Å². The van der Waals surface area contributed by atoms with Crippen LogP contribution in [-0.4, -0.2) is 30.3 Å². The lowest BCUT2D eigenvalue weighted by atomic mass is 10.1. The van der Waals surface area contributed by atoms with Gasteiger partial charge in [0.2, 0.25) is 6.79 Å². The Morgan fingerprint density at radius 3 is 2.76 bits per heavy atom. The fourth-order valence-electron chi connectivity index (χ4n) is 2.82. The number of rotatable bonds is 5. The number of aryl methyl sites for hydroxylation is 1. The molecule has 7 nitrogen and oxygen atoms in total. The van der Waals surface area contributed by atoms with Gasteiger partial charge in [-0.1, -0.05) is 0 Å². The van der Waals surface area contributed by atoms with Gasteiger partial charge in [0.1, 0.15) is 4.88 Å². The van der Waals surface area contributed by atoms with E-state index in [2.05, 4.69) is 10.3 Å². The van der Waals surface area contributed by atoms with Crippen molar-refractivity contribution in [3.05, 3.63) is 58.7 Å². The van der Waals surface area contributed by atoms with Gasteiger partial charge in [-0.05, 0) is 55.8 Å². The summed E-state index contributed by atoms with van der Waals surface area (Å²) in [6.07, 6.45) is 1.50. The van der Waals surface area contributed by atoms with Gasteiger partial charge in [0.15, 0.2) is 11.5 Å². The molecule has 0 atom stereocenters. The van der Waals surface area contributed by atoms with Crippen LogP contribution in [0.1, 0.15) is 32.6 Å². The van der Waals surface area contributed by atoms with Crippen LogP contribution in [0.15, 0.2) is 42.6 Å². The monoisotopic (exact) mass is 410 g/mol. The van der Waals surface area contributed by atoms with Crippen molar-refractivity contribution in [1.82, 2.24) is 4.98 Å². The molecule has 2 aromatic heterocycles. The van der Waals surface area contributed by atoms with Crippen molar-refractivity contribution in [3.8, 4) is 21.9 Å². The van der Waals surface area contributed by atoms with Gasteiger partial charge in [-0.25, -0.2) is 4.79 Å². The van der Waals surface area contributed by atoms with E-state index in [1.54, 1.807) is 25.1 Å². The van der Waals surface area contributed by atoms with Crippen molar-refractivity contribution in [2.45, 2.75) is 13.8 Å². The van der Waals surface area contributed by atoms with E-state index in [0.717, 1.165) is 16.1 Å². The second-order valence-electron chi connectivity index (χ2n) is 6.28. The van der Waals surface area contributed by atoms with Crippen LogP contribution in [0.5, 0.6) is 11.5 Å². The number of hydrogen-bond acceptors (Lipinski definition) is 7. The van der Waals surface area contributed by atoms with E-state index in [0.29, 0.717) is 27.6 Å². The number of hydrogen-bond donors (Lipinski definition) is 1. The highest BCUT2D eigenvalue weighted by Crippen LogP contribution is 2.40. The van der Waals surface area contributed by atoms with E-state index >= 15 is 0 Å². The summed E-state index contributed by atoms with van der Waals surface area (Å²) in [5.41, 5.74) is 2.46. The molecule has 1 aromatic carbocycles. The Morgan fingerprint density at radius 2 is 2.00 bits per heavy atom. The molecule has 0 aliphatic carbocycles. The van der Waals surface area contributed by atoms with Gasteiger partial charge < -0.3 is 19.5 Å². The number of ether oxygens (including phenoxy) is 3. The Kier molecular flexibility index (Phi) is 5.18. The summed E-state index contributed by atoms with van der Waals surface area (Å²) in [5.74, 6) is 0.487. The van der Waals surface area contributed by atoms with Crippen LogP contribution in [0.4, 0.5) is 5.69 Å². The summed E-state index contributed by atoms with van der Waals surface area (Å²) in [4.78, 5) is 30.3. The molecule has 29 heavy (non-hydrogen) atoms. The number of carbonyl (C=O) groups is 2. The van der Waals surface area contributed by atoms with Crippen LogP contribution in [0.25, 0.3) is 10.4 Å². The van der Waals surface area contributed by atoms with Crippen LogP contribution in [-0.2, 0) is 4.74 Å². The molecular formula is C21H18N2O5S. The average molecular weight is 410 g/mol. The molecule has 0 radical (unpaired) electrons. The van der Waals surface area contributed by atoms with Crippen LogP contribution < -0.4 is 14.8 Å². The Hall–Kier alpha value is -3.39. The second-order valence-corrected chi connectivity index (χ2v) is 7.34. The van der Waals surface area contributed by atoms with E-state index < -0.39 is 5.97 Å². The van der Waals surface area contributed by atoms with E-state index in [-0.39, 0.29) is 19.3 Å². The topological polar surface area (TPSA) is 86.8 Å². The molecule has 8 heteroatoms. The fourth-order valence-corrected chi connectivity index (χ4v) is 3.82. The predicted octanol–water partition coefficient (Wildman–Crippen LogP) is 4.28. The number of aromatic nitrogens is 1. The lowest BCUT2D eigenvalue weighted by Crippen LogP contribution is -2.14. The molecule has 3 aromatic rings. The third kappa shape index (κ3) is 3.93. The molecule has 0 spiro atoms. The Morgan fingerprint density at radius 1 is 1.17 bits per heavy atom. The Balaban J connectivity index is 1.67. The summed E-state index contributed by atoms with van der Waals surface area (Å²) in [5, 5.41) is 2.80. The molecule has 0 bridgehead atoms. The molecule has 1 N–H and O–H groups in total. The zero-order valence-corrected chi connectivity index (χ0v) is 16.7. The minimum Gasteiger partial charge on any atom is -0.462 e. The number of nitrogens with one attached hydrogen (secondary N) is 1. The van der Waals surface area contributed by atoms with E-state index in [4.69, 9.17) is 14.2 Å². The number of carbonyl (C=O) groups excluding carboxylic acids is 2. The first-order valence-corrected chi connectivity index (χ1v) is 9.82. The van der Waals surface area contributed by atoms with E-state index in [1.165, 1.54) is 17.5 Å². The van der Waals surface area contributed by atoms with Crippen molar-refractivity contribution in [2.24, 2.45) is 0 Å². The number of esters is 1. The fraction of sp³-hybridized carbons (Fsp3) is 0.190. The number of thiophene rings is 1. The highest BCUT2D eigenvalue weighted by molar-refractivity contribution is 7.18. The number of amides is 1. The minimum atomic E-state index is -0.484. The SMILES string of the molecule is CCOC(=O)c1sc(-c2ccc3c(c2)OCO3)cc1NC(=O)c1ccc(C)nc1. The number of pyridine rings is 1. The molecule has 0 unspecified atom stereocenters. The standard InChI is InChI=1S/C21H18N2O5S/c1-3-26-21(25)19-15(23-20(24)14-5-4-12(2)22-10-14)9-18(29-19)13-6-7-16-17(8-13)28-11-27-16/h4-10H,3,11H2,1-2H3,(H,23,24). The summed E-state index contributed by atoms with van der Waals surface area (Å²) in [6, 6.07) is 10.7. The predicted molar refractivity (Wildman–Crippen MR) is 109 cm³/mol. The van der Waals surface area contributed by atoms with Crippen LogP contribution in [0.3, 0.4) is 0 Å². The maximum absolute atomic E-state index is 12.6. The first kappa shape index (κ1) is 18.9. The largest absolute Gasteiger partial charge is 0.462 e. The van der Waals surface area contributed by atoms with Gasteiger partial charge in [-0.15, -0.1) is 11.3 Å². The highest BCUT2D eigenvalue weighted by atomic mass is 32.1. The average Bonchev–Trinajstić information content (AvgIpc) is 3.35. The third-order valence-corrected chi connectivity index (χ3v) is 5.44. The van der Waals surface area contributed by atoms with Gasteiger partial charge in [0.05, 0.1) is 17.9 Å². The van der Waals surface area contributed by atoms with Crippen molar-refractivity contribution in [2.75, 3.05) is 18.7 Å². The number of nitrogens with zero attached hydrogens (tertiary/aromatic N) is 1. The molecule has 1 aliphatic heterocycles. The summed E-state index contributed by atoms with van der Waals surface area (Å²) >= 11 is 1.24. The molecular weight excluding hydrogens is 392 g/mol. The maximum atomic E-state index is 12.6. The highest BCUT2D eigenvalue weighted by Gasteiger charge is 2.22. The number of anilines is 1. The quantitative estimate of drug-likeness (QED) is 0.632. The molecule has 4 rings (SSSR count). The minimum absolute atomic E-state index is 0.184. The molecule has 1 amide bonds. The second kappa shape index (κ2) is 7.92. The zero-order valence-electron chi connectivity index (χ0n) is 15.9. The van der Waals surface area contributed by atoms with Gasteiger partial charge in [0, 0.05) is 16.8 Å². The third-order valence-electron chi connectivity index (χ3n) is 4.27. The first-order chi connectivity index (χ1) is 14.0. The van der Waals surface area contributed by atoms with Crippen LogP contribution >= 0.6 is 11.3 Å². The molecule has 0 fully saturated rings. The Bertz CT molecular complexity index is 1080. The van der Waals surface area contributed by atoms with Gasteiger partial charge in [-0.2, -0.15) is 0 Å². The number of benzene rings is 1. The van der Waals surface area contributed by atoms with E-state index in [1.807, 2.05) is 25.1 Å². The lowest BCUT2D eigenvalue weighted by Gasteiger charge is -2.06. The molecule has 1 aliphatic rings.